The molecule has 1 aliphatic rings. The van der Waals surface area contributed by atoms with Crippen LogP contribution in [0, 0.1) is 0 Å². The smallest absolute Gasteiger partial charge is 0.0111 e. The minimum absolute atomic E-state index is 0.289. The van der Waals surface area contributed by atoms with Crippen molar-refractivity contribution in [2.75, 3.05) is 0 Å². The van der Waals surface area contributed by atoms with E-state index in [1.54, 1.807) is 0 Å². The maximum Gasteiger partial charge on any atom is 0.0111 e. The molecule has 1 rings (SSSR count). The van der Waals surface area contributed by atoms with E-state index in [2.05, 4.69) is 38.2 Å². The molecule has 0 aliphatic heterocycles. The Kier molecular flexibility index (Phi) is 3.30. The zero-order valence-electron chi connectivity index (χ0n) is 7.88. The second kappa shape index (κ2) is 4.27. The normalized spacial score (nSPS) is 36.4. The predicted molar refractivity (Wildman–Crippen MR) is 53.9 cm³/mol. The first-order valence-corrected chi connectivity index (χ1v) is 4.44. The van der Waals surface area contributed by atoms with Crippen LogP contribution < -0.4 is 5.73 Å². The lowest BCUT2D eigenvalue weighted by Crippen LogP contribution is -2.18. The van der Waals surface area contributed by atoms with Gasteiger partial charge >= 0.3 is 0 Å². The summed E-state index contributed by atoms with van der Waals surface area (Å²) in [6.07, 6.45) is 10.6. The molecule has 0 fully saturated rings. The molecule has 0 heterocycles. The van der Waals surface area contributed by atoms with Crippen LogP contribution in [0.4, 0.5) is 0 Å². The molecule has 0 bridgehead atoms. The summed E-state index contributed by atoms with van der Waals surface area (Å²) in [5, 5.41) is 0. The van der Waals surface area contributed by atoms with E-state index < -0.39 is 0 Å². The van der Waals surface area contributed by atoms with Gasteiger partial charge in [-0.3, -0.25) is 0 Å². The maximum absolute atomic E-state index is 5.89. The molecule has 0 aromatic heterocycles. The van der Waals surface area contributed by atoms with Crippen LogP contribution in [0.15, 0.2) is 35.5 Å². The third-order valence-corrected chi connectivity index (χ3v) is 2.03. The van der Waals surface area contributed by atoms with E-state index in [-0.39, 0.29) is 6.04 Å². The third-order valence-electron chi connectivity index (χ3n) is 2.03. The van der Waals surface area contributed by atoms with E-state index in [1.165, 1.54) is 11.1 Å². The Bertz CT molecular complexity index is 233. The van der Waals surface area contributed by atoms with Crippen molar-refractivity contribution in [3.63, 3.8) is 0 Å². The van der Waals surface area contributed by atoms with E-state index in [0.717, 1.165) is 12.8 Å². The van der Waals surface area contributed by atoms with Gasteiger partial charge in [0.25, 0.3) is 0 Å². The topological polar surface area (TPSA) is 26.0 Å². The molecule has 0 aromatic rings. The van der Waals surface area contributed by atoms with E-state index in [9.17, 15) is 0 Å². The molecule has 1 heteroatoms. The van der Waals surface area contributed by atoms with Crippen LogP contribution in [0.2, 0.25) is 0 Å². The lowest BCUT2D eigenvalue weighted by molar-refractivity contribution is 0.674. The average Bonchev–Trinajstić information content (AvgIpc) is 2.05. The third kappa shape index (κ3) is 3.05. The van der Waals surface area contributed by atoms with Crippen LogP contribution in [0.1, 0.15) is 26.7 Å². The number of rotatable bonds is 0. The summed E-state index contributed by atoms with van der Waals surface area (Å²) in [7, 11) is 0. The second-order valence-corrected chi connectivity index (χ2v) is 3.53. The van der Waals surface area contributed by atoms with Gasteiger partial charge in [0.15, 0.2) is 0 Å². The van der Waals surface area contributed by atoms with Gasteiger partial charge in [-0.1, -0.05) is 35.5 Å². The van der Waals surface area contributed by atoms with Crippen molar-refractivity contribution < 1.29 is 0 Å². The summed E-state index contributed by atoms with van der Waals surface area (Å²) in [4.78, 5) is 0. The molecule has 1 atom stereocenters. The Morgan fingerprint density at radius 2 is 2.08 bits per heavy atom. The van der Waals surface area contributed by atoms with Gasteiger partial charge in [-0.25, -0.2) is 0 Å². The fraction of sp³-hybridized carbons (Fsp3) is 0.455. The fourth-order valence-corrected chi connectivity index (χ4v) is 1.32. The first kappa shape index (κ1) is 9.27. The van der Waals surface area contributed by atoms with Gasteiger partial charge in [0.1, 0.15) is 0 Å². The Balaban J connectivity index is 2.77. The Morgan fingerprint density at radius 1 is 1.33 bits per heavy atom. The SMILES string of the molecule is CC1=C/C=C(\C)CC(N)C\C=C\1. The Morgan fingerprint density at radius 3 is 2.83 bits per heavy atom. The van der Waals surface area contributed by atoms with Crippen molar-refractivity contribution in [1.29, 1.82) is 0 Å². The van der Waals surface area contributed by atoms with Crippen molar-refractivity contribution in [2.45, 2.75) is 32.7 Å². The molecule has 0 amide bonds. The molecule has 1 unspecified atom stereocenters. The Labute approximate surface area is 74.7 Å². The molecule has 0 saturated heterocycles. The highest BCUT2D eigenvalue weighted by Gasteiger charge is 2.01. The zero-order valence-corrected chi connectivity index (χ0v) is 7.88. The van der Waals surface area contributed by atoms with Crippen LogP contribution in [0.3, 0.4) is 0 Å². The zero-order chi connectivity index (χ0) is 8.97. The standard InChI is InChI=1S/C11H17N/c1-9-4-3-5-11(12)8-10(2)7-6-9/h3-4,6-7,11H,5,8,12H2,1-2H3/b4-3+,9-6-,10-7+. The van der Waals surface area contributed by atoms with Crippen LogP contribution >= 0.6 is 0 Å². The lowest BCUT2D eigenvalue weighted by atomic mass is 10.1. The van der Waals surface area contributed by atoms with E-state index in [4.69, 9.17) is 5.73 Å². The molecule has 1 nitrogen and oxygen atoms in total. The van der Waals surface area contributed by atoms with Crippen molar-refractivity contribution >= 4 is 0 Å². The second-order valence-electron chi connectivity index (χ2n) is 3.53. The van der Waals surface area contributed by atoms with Gasteiger partial charge in [-0.05, 0) is 26.7 Å². The highest BCUT2D eigenvalue weighted by Crippen LogP contribution is 2.10. The van der Waals surface area contributed by atoms with Crippen molar-refractivity contribution in [2.24, 2.45) is 5.73 Å². The van der Waals surface area contributed by atoms with E-state index in [1.807, 2.05) is 0 Å². The quantitative estimate of drug-likeness (QED) is 0.583. The fourth-order valence-electron chi connectivity index (χ4n) is 1.32. The highest BCUT2D eigenvalue weighted by molar-refractivity contribution is 5.25. The summed E-state index contributed by atoms with van der Waals surface area (Å²) in [6, 6.07) is 0.289. The van der Waals surface area contributed by atoms with Gasteiger partial charge in [-0.15, -0.1) is 0 Å². The van der Waals surface area contributed by atoms with Crippen LogP contribution in [0.5, 0.6) is 0 Å². The Hall–Kier alpha value is -0.820. The van der Waals surface area contributed by atoms with E-state index in [0.29, 0.717) is 0 Å². The first-order chi connectivity index (χ1) is 5.68. The average molecular weight is 163 g/mol. The predicted octanol–water partition coefficient (Wildman–Crippen LogP) is 2.56. The molecule has 0 aromatic carbocycles. The number of hydrogen-bond acceptors (Lipinski definition) is 1. The highest BCUT2D eigenvalue weighted by atomic mass is 14.6. The molecular weight excluding hydrogens is 146 g/mol. The van der Waals surface area contributed by atoms with Gasteiger partial charge in [0.05, 0.1) is 0 Å². The minimum Gasteiger partial charge on any atom is -0.327 e. The van der Waals surface area contributed by atoms with Crippen molar-refractivity contribution in [3.05, 3.63) is 35.5 Å². The molecule has 0 spiro atoms. The van der Waals surface area contributed by atoms with Crippen molar-refractivity contribution in [1.82, 2.24) is 0 Å². The van der Waals surface area contributed by atoms with Crippen LogP contribution in [-0.4, -0.2) is 6.04 Å². The van der Waals surface area contributed by atoms with Gasteiger partial charge in [0, 0.05) is 6.04 Å². The number of allylic oxidation sites excluding steroid dienone is 4. The molecular formula is C11H17N. The molecule has 1 aliphatic carbocycles. The molecule has 0 saturated carbocycles. The first-order valence-electron chi connectivity index (χ1n) is 4.44. The summed E-state index contributed by atoms with van der Waals surface area (Å²) >= 11 is 0. The van der Waals surface area contributed by atoms with Crippen LogP contribution in [0.25, 0.3) is 0 Å². The van der Waals surface area contributed by atoms with Crippen molar-refractivity contribution in [3.8, 4) is 0 Å². The van der Waals surface area contributed by atoms with Gasteiger partial charge in [0.2, 0.25) is 0 Å². The number of hydrogen-bond donors (Lipinski definition) is 1. The van der Waals surface area contributed by atoms with Gasteiger partial charge < -0.3 is 5.73 Å². The largest absolute Gasteiger partial charge is 0.327 e. The van der Waals surface area contributed by atoms with E-state index >= 15 is 0 Å². The number of nitrogens with two attached hydrogens (primary N) is 1. The van der Waals surface area contributed by atoms with Gasteiger partial charge in [-0.2, -0.15) is 0 Å². The maximum atomic E-state index is 5.89. The molecule has 2 N–H and O–H groups in total. The molecule has 0 radical (unpaired) electrons. The lowest BCUT2D eigenvalue weighted by Gasteiger charge is -2.07. The molecule has 12 heavy (non-hydrogen) atoms. The summed E-state index contributed by atoms with van der Waals surface area (Å²) in [5.41, 5.74) is 8.56. The molecule has 66 valence electrons. The summed E-state index contributed by atoms with van der Waals surface area (Å²) in [6.45, 7) is 4.24. The summed E-state index contributed by atoms with van der Waals surface area (Å²) in [5.74, 6) is 0. The summed E-state index contributed by atoms with van der Waals surface area (Å²) < 4.78 is 0. The van der Waals surface area contributed by atoms with Crippen LogP contribution in [-0.2, 0) is 0 Å². The monoisotopic (exact) mass is 163 g/mol. The minimum atomic E-state index is 0.289.